The Labute approximate surface area is 132 Å². The van der Waals surface area contributed by atoms with Crippen molar-refractivity contribution in [2.24, 2.45) is 5.41 Å². The molecule has 20 heavy (non-hydrogen) atoms. The fourth-order valence-electron chi connectivity index (χ4n) is 2.56. The van der Waals surface area contributed by atoms with Gasteiger partial charge in [0.15, 0.2) is 0 Å². The van der Waals surface area contributed by atoms with Crippen LogP contribution in [0.1, 0.15) is 46.1 Å². The standard InChI is InChI=1S/C17H27BrN2/c1-13(2)19-12-14-5-6-15(11-16(14)18)20-9-7-17(3,4)8-10-20/h5-6,11,13,19H,7-10,12H2,1-4H3. The van der Waals surface area contributed by atoms with Crippen LogP contribution in [0.3, 0.4) is 0 Å². The Morgan fingerprint density at radius 3 is 2.45 bits per heavy atom. The van der Waals surface area contributed by atoms with Crippen molar-refractivity contribution in [3.05, 3.63) is 28.2 Å². The van der Waals surface area contributed by atoms with E-state index in [4.69, 9.17) is 0 Å². The fourth-order valence-corrected chi connectivity index (χ4v) is 3.07. The molecule has 1 aromatic carbocycles. The van der Waals surface area contributed by atoms with E-state index in [0.717, 1.165) is 6.54 Å². The number of hydrogen-bond donors (Lipinski definition) is 1. The van der Waals surface area contributed by atoms with Crippen molar-refractivity contribution >= 4 is 21.6 Å². The summed E-state index contributed by atoms with van der Waals surface area (Å²) in [5.41, 5.74) is 3.19. The van der Waals surface area contributed by atoms with Crippen LogP contribution in [0.5, 0.6) is 0 Å². The molecule has 1 N–H and O–H groups in total. The Hall–Kier alpha value is -0.540. The summed E-state index contributed by atoms with van der Waals surface area (Å²) >= 11 is 3.72. The first-order chi connectivity index (χ1) is 9.37. The van der Waals surface area contributed by atoms with Gasteiger partial charge in [-0.15, -0.1) is 0 Å². The minimum absolute atomic E-state index is 0.509. The van der Waals surface area contributed by atoms with Gasteiger partial charge in [-0.2, -0.15) is 0 Å². The van der Waals surface area contributed by atoms with Crippen LogP contribution >= 0.6 is 15.9 Å². The number of nitrogens with zero attached hydrogens (tertiary/aromatic N) is 1. The largest absolute Gasteiger partial charge is 0.371 e. The molecule has 1 heterocycles. The first-order valence-corrected chi connectivity index (χ1v) is 8.43. The molecule has 0 bridgehead atoms. The Bertz CT molecular complexity index is 444. The molecule has 0 spiro atoms. The number of piperidine rings is 1. The maximum absolute atomic E-state index is 3.72. The summed E-state index contributed by atoms with van der Waals surface area (Å²) in [6.45, 7) is 12.4. The average molecular weight is 339 g/mol. The Balaban J connectivity index is 2.02. The molecule has 0 saturated carbocycles. The van der Waals surface area contributed by atoms with Gasteiger partial charge in [-0.1, -0.05) is 49.7 Å². The van der Waals surface area contributed by atoms with Crippen molar-refractivity contribution < 1.29 is 0 Å². The maximum atomic E-state index is 3.72. The molecule has 1 aliphatic heterocycles. The quantitative estimate of drug-likeness (QED) is 0.864. The lowest BCUT2D eigenvalue weighted by atomic mass is 9.82. The van der Waals surface area contributed by atoms with Gasteiger partial charge in [0.2, 0.25) is 0 Å². The minimum Gasteiger partial charge on any atom is -0.371 e. The summed E-state index contributed by atoms with van der Waals surface area (Å²) in [4.78, 5) is 2.51. The van der Waals surface area contributed by atoms with Crippen molar-refractivity contribution in [2.75, 3.05) is 18.0 Å². The fraction of sp³-hybridized carbons (Fsp3) is 0.647. The molecule has 0 aromatic heterocycles. The molecule has 1 aromatic rings. The lowest BCUT2D eigenvalue weighted by Crippen LogP contribution is -2.37. The van der Waals surface area contributed by atoms with Crippen LogP contribution in [-0.4, -0.2) is 19.1 Å². The van der Waals surface area contributed by atoms with Gasteiger partial charge in [-0.05, 0) is 36.0 Å². The molecule has 0 aliphatic carbocycles. The van der Waals surface area contributed by atoms with Crippen LogP contribution in [0.2, 0.25) is 0 Å². The van der Waals surface area contributed by atoms with Crippen LogP contribution in [0.25, 0.3) is 0 Å². The number of benzene rings is 1. The molecule has 0 amide bonds. The van der Waals surface area contributed by atoms with Crippen LogP contribution in [0, 0.1) is 5.41 Å². The molecular weight excluding hydrogens is 312 g/mol. The van der Waals surface area contributed by atoms with Gasteiger partial charge in [0.25, 0.3) is 0 Å². The molecule has 0 atom stereocenters. The van der Waals surface area contributed by atoms with Crippen molar-refractivity contribution in [1.29, 1.82) is 0 Å². The topological polar surface area (TPSA) is 15.3 Å². The van der Waals surface area contributed by atoms with E-state index in [9.17, 15) is 0 Å². The van der Waals surface area contributed by atoms with Crippen molar-refractivity contribution in [3.8, 4) is 0 Å². The zero-order valence-electron chi connectivity index (χ0n) is 13.2. The predicted octanol–water partition coefficient (Wildman–Crippen LogP) is 4.57. The highest BCUT2D eigenvalue weighted by Crippen LogP contribution is 2.33. The molecule has 0 radical (unpaired) electrons. The summed E-state index contributed by atoms with van der Waals surface area (Å²) in [5, 5.41) is 3.47. The van der Waals surface area contributed by atoms with Gasteiger partial charge in [0.1, 0.15) is 0 Å². The molecule has 0 unspecified atom stereocenters. The van der Waals surface area contributed by atoms with Crippen molar-refractivity contribution in [3.63, 3.8) is 0 Å². The zero-order chi connectivity index (χ0) is 14.8. The van der Waals surface area contributed by atoms with E-state index in [-0.39, 0.29) is 0 Å². The lowest BCUT2D eigenvalue weighted by Gasteiger charge is -2.38. The monoisotopic (exact) mass is 338 g/mol. The summed E-state index contributed by atoms with van der Waals surface area (Å²) in [5.74, 6) is 0. The second-order valence-electron chi connectivity index (χ2n) is 6.96. The summed E-state index contributed by atoms with van der Waals surface area (Å²) in [6.07, 6.45) is 2.56. The molecule has 112 valence electrons. The zero-order valence-corrected chi connectivity index (χ0v) is 14.8. The molecule has 2 rings (SSSR count). The highest BCUT2D eigenvalue weighted by atomic mass is 79.9. The average Bonchev–Trinajstić information content (AvgIpc) is 2.37. The number of rotatable bonds is 4. The third kappa shape index (κ3) is 4.23. The highest BCUT2D eigenvalue weighted by molar-refractivity contribution is 9.10. The Kier molecular flexibility index (Phi) is 5.14. The van der Waals surface area contributed by atoms with E-state index in [0.29, 0.717) is 11.5 Å². The molecular formula is C17H27BrN2. The van der Waals surface area contributed by atoms with Crippen LogP contribution in [0.4, 0.5) is 5.69 Å². The maximum Gasteiger partial charge on any atom is 0.0377 e. The van der Waals surface area contributed by atoms with E-state index in [2.05, 4.69) is 72.0 Å². The summed E-state index contributed by atoms with van der Waals surface area (Å²) < 4.78 is 1.22. The first kappa shape index (κ1) is 15.8. The normalized spacial score (nSPS) is 18.6. The molecule has 1 fully saturated rings. The smallest absolute Gasteiger partial charge is 0.0377 e. The number of nitrogens with one attached hydrogen (secondary N) is 1. The van der Waals surface area contributed by atoms with Gasteiger partial charge in [0, 0.05) is 35.8 Å². The van der Waals surface area contributed by atoms with E-state index in [1.165, 1.54) is 41.7 Å². The number of hydrogen-bond acceptors (Lipinski definition) is 2. The van der Waals surface area contributed by atoms with E-state index in [1.807, 2.05) is 0 Å². The molecule has 1 aliphatic rings. The van der Waals surface area contributed by atoms with Crippen molar-refractivity contribution in [1.82, 2.24) is 5.32 Å². The summed E-state index contributed by atoms with van der Waals surface area (Å²) in [6, 6.07) is 7.30. The van der Waals surface area contributed by atoms with Gasteiger partial charge in [-0.3, -0.25) is 0 Å². The van der Waals surface area contributed by atoms with Gasteiger partial charge < -0.3 is 10.2 Å². The van der Waals surface area contributed by atoms with Crippen LogP contribution < -0.4 is 10.2 Å². The van der Waals surface area contributed by atoms with Crippen LogP contribution in [-0.2, 0) is 6.54 Å². The number of halogens is 1. The first-order valence-electron chi connectivity index (χ1n) is 7.64. The second kappa shape index (κ2) is 6.48. The molecule has 1 saturated heterocycles. The Morgan fingerprint density at radius 2 is 1.90 bits per heavy atom. The third-order valence-electron chi connectivity index (χ3n) is 4.22. The third-order valence-corrected chi connectivity index (χ3v) is 4.96. The number of anilines is 1. The van der Waals surface area contributed by atoms with Crippen molar-refractivity contribution in [2.45, 2.75) is 53.1 Å². The summed E-state index contributed by atoms with van der Waals surface area (Å²) in [7, 11) is 0. The van der Waals surface area contributed by atoms with Crippen LogP contribution in [0.15, 0.2) is 22.7 Å². The van der Waals surface area contributed by atoms with E-state index >= 15 is 0 Å². The molecule has 3 heteroatoms. The van der Waals surface area contributed by atoms with E-state index < -0.39 is 0 Å². The second-order valence-corrected chi connectivity index (χ2v) is 7.82. The Morgan fingerprint density at radius 1 is 1.25 bits per heavy atom. The lowest BCUT2D eigenvalue weighted by molar-refractivity contribution is 0.280. The van der Waals surface area contributed by atoms with Gasteiger partial charge in [-0.25, -0.2) is 0 Å². The highest BCUT2D eigenvalue weighted by Gasteiger charge is 2.25. The molecule has 2 nitrogen and oxygen atoms in total. The van der Waals surface area contributed by atoms with Gasteiger partial charge in [0.05, 0.1) is 0 Å². The SMILES string of the molecule is CC(C)NCc1ccc(N2CCC(C)(C)CC2)cc1Br. The predicted molar refractivity (Wildman–Crippen MR) is 91.3 cm³/mol. The van der Waals surface area contributed by atoms with E-state index in [1.54, 1.807) is 0 Å². The minimum atomic E-state index is 0.509. The van der Waals surface area contributed by atoms with Gasteiger partial charge >= 0.3 is 0 Å².